The summed E-state index contributed by atoms with van der Waals surface area (Å²) in [6.07, 6.45) is 1.18. The number of aliphatic imine (C=N–C) groups is 1. The van der Waals surface area contributed by atoms with Crippen LogP contribution in [0.25, 0.3) is 0 Å². The molecule has 0 radical (unpaired) electrons. The van der Waals surface area contributed by atoms with Crippen molar-refractivity contribution in [1.29, 1.82) is 0 Å². The van der Waals surface area contributed by atoms with Crippen molar-refractivity contribution in [2.75, 3.05) is 26.0 Å². The number of carbonyl (C=O) groups excluding carboxylic acids is 1. The van der Waals surface area contributed by atoms with Crippen LogP contribution in [-0.4, -0.2) is 43.4 Å². The number of carbonyl (C=O) groups is 1. The first-order valence-electron chi connectivity index (χ1n) is 6.80. The number of nitrogens with two attached hydrogens (primary N) is 2. The minimum atomic E-state index is -0.620. The third-order valence-electron chi connectivity index (χ3n) is 2.93. The van der Waals surface area contributed by atoms with E-state index in [9.17, 15) is 4.79 Å². The number of hydrogen-bond acceptors (Lipinski definition) is 3. The van der Waals surface area contributed by atoms with Crippen LogP contribution in [0.1, 0.15) is 12.8 Å². The lowest BCUT2D eigenvalue weighted by Crippen LogP contribution is -2.35. The standard InChI is InChI=1S/C14H21Cl2N5O/c1-21(2)14(18)19-7-3-4-12(17)13(22)20-9-5-6-10(15)11(16)8-9/h5-6,8,12H,3-4,7,17H2,1-2H3,(H2,18,19)(H,20,22)/t12-/m0/s1. The third-order valence-corrected chi connectivity index (χ3v) is 3.67. The van der Waals surface area contributed by atoms with Gasteiger partial charge in [-0.15, -0.1) is 0 Å². The highest BCUT2D eigenvalue weighted by Crippen LogP contribution is 2.25. The van der Waals surface area contributed by atoms with Gasteiger partial charge in [0.05, 0.1) is 16.1 Å². The first-order valence-corrected chi connectivity index (χ1v) is 7.55. The first kappa shape index (κ1) is 18.5. The van der Waals surface area contributed by atoms with Crippen molar-refractivity contribution in [2.24, 2.45) is 16.5 Å². The predicted molar refractivity (Wildman–Crippen MR) is 92.5 cm³/mol. The molecule has 122 valence electrons. The Bertz CT molecular complexity index is 548. The molecule has 1 aromatic carbocycles. The molecule has 8 heteroatoms. The van der Waals surface area contributed by atoms with Crippen molar-refractivity contribution in [3.05, 3.63) is 28.2 Å². The van der Waals surface area contributed by atoms with Crippen LogP contribution in [0.2, 0.25) is 10.0 Å². The smallest absolute Gasteiger partial charge is 0.241 e. The summed E-state index contributed by atoms with van der Waals surface area (Å²) in [7, 11) is 3.63. The Morgan fingerprint density at radius 3 is 2.64 bits per heavy atom. The van der Waals surface area contributed by atoms with E-state index in [2.05, 4.69) is 10.3 Å². The van der Waals surface area contributed by atoms with Crippen LogP contribution in [0.3, 0.4) is 0 Å². The molecular formula is C14H21Cl2N5O. The molecule has 0 heterocycles. The molecule has 1 amide bonds. The summed E-state index contributed by atoms with van der Waals surface area (Å²) in [6, 6.07) is 4.24. The van der Waals surface area contributed by atoms with Gasteiger partial charge in [-0.05, 0) is 31.0 Å². The maximum absolute atomic E-state index is 12.0. The second-order valence-corrected chi connectivity index (χ2v) is 5.82. The molecule has 1 aromatic rings. The Hall–Kier alpha value is -1.50. The minimum absolute atomic E-state index is 0.275. The summed E-state index contributed by atoms with van der Waals surface area (Å²) in [5.74, 6) is 0.178. The molecule has 0 fully saturated rings. The summed E-state index contributed by atoms with van der Waals surface area (Å²) in [5.41, 5.74) is 12.1. The monoisotopic (exact) mass is 345 g/mol. The minimum Gasteiger partial charge on any atom is -0.370 e. The SMILES string of the molecule is CN(C)C(N)=NCCC[C@H](N)C(=O)Nc1ccc(Cl)c(Cl)c1. The molecule has 0 aromatic heterocycles. The predicted octanol–water partition coefficient (Wildman–Crippen LogP) is 1.92. The quantitative estimate of drug-likeness (QED) is 0.416. The van der Waals surface area contributed by atoms with Gasteiger partial charge in [-0.1, -0.05) is 23.2 Å². The molecule has 1 atom stereocenters. The normalized spacial score (nSPS) is 12.9. The number of benzene rings is 1. The van der Waals surface area contributed by atoms with Crippen molar-refractivity contribution < 1.29 is 4.79 Å². The fourth-order valence-corrected chi connectivity index (χ4v) is 1.88. The van der Waals surface area contributed by atoms with E-state index in [4.69, 9.17) is 34.7 Å². The topological polar surface area (TPSA) is 96.7 Å². The van der Waals surface area contributed by atoms with Crippen molar-refractivity contribution in [1.82, 2.24) is 4.90 Å². The zero-order chi connectivity index (χ0) is 16.7. The van der Waals surface area contributed by atoms with Crippen LogP contribution in [0.15, 0.2) is 23.2 Å². The molecule has 22 heavy (non-hydrogen) atoms. The Labute approximate surface area is 140 Å². The van der Waals surface area contributed by atoms with Crippen LogP contribution in [0.5, 0.6) is 0 Å². The molecule has 0 saturated carbocycles. The van der Waals surface area contributed by atoms with Gasteiger partial charge >= 0.3 is 0 Å². The van der Waals surface area contributed by atoms with Crippen molar-refractivity contribution in [3.63, 3.8) is 0 Å². The summed E-state index contributed by atoms with van der Waals surface area (Å²) >= 11 is 11.7. The van der Waals surface area contributed by atoms with Gasteiger partial charge in [-0.2, -0.15) is 0 Å². The molecule has 0 saturated heterocycles. The molecule has 1 rings (SSSR count). The maximum Gasteiger partial charge on any atom is 0.241 e. The molecule has 0 aliphatic rings. The maximum atomic E-state index is 12.0. The van der Waals surface area contributed by atoms with Gasteiger partial charge in [0.25, 0.3) is 0 Å². The van der Waals surface area contributed by atoms with Crippen molar-refractivity contribution >= 4 is 40.8 Å². The van der Waals surface area contributed by atoms with E-state index in [-0.39, 0.29) is 5.91 Å². The van der Waals surface area contributed by atoms with Crippen LogP contribution in [0, 0.1) is 0 Å². The van der Waals surface area contributed by atoms with Gasteiger partial charge in [0.15, 0.2) is 5.96 Å². The highest BCUT2D eigenvalue weighted by atomic mass is 35.5. The Balaban J connectivity index is 2.42. The largest absolute Gasteiger partial charge is 0.370 e. The number of anilines is 1. The van der Waals surface area contributed by atoms with E-state index < -0.39 is 6.04 Å². The molecule has 5 N–H and O–H groups in total. The fourth-order valence-electron chi connectivity index (χ4n) is 1.59. The van der Waals surface area contributed by atoms with Gasteiger partial charge in [0, 0.05) is 26.3 Å². The molecule has 0 aliphatic carbocycles. The highest BCUT2D eigenvalue weighted by molar-refractivity contribution is 6.42. The average Bonchev–Trinajstić information content (AvgIpc) is 2.46. The summed E-state index contributed by atoms with van der Waals surface area (Å²) < 4.78 is 0. The molecule has 0 spiro atoms. The number of nitrogens with one attached hydrogen (secondary N) is 1. The third kappa shape index (κ3) is 6.09. The molecule has 0 aliphatic heterocycles. The molecular weight excluding hydrogens is 325 g/mol. The Morgan fingerprint density at radius 2 is 2.05 bits per heavy atom. The van der Waals surface area contributed by atoms with Crippen molar-refractivity contribution in [2.45, 2.75) is 18.9 Å². The second-order valence-electron chi connectivity index (χ2n) is 5.00. The number of hydrogen-bond donors (Lipinski definition) is 3. The molecule has 0 unspecified atom stereocenters. The summed E-state index contributed by atoms with van der Waals surface area (Å²) in [5, 5.41) is 3.51. The lowest BCUT2D eigenvalue weighted by Gasteiger charge is -2.13. The summed E-state index contributed by atoms with van der Waals surface area (Å²) in [6.45, 7) is 0.526. The van der Waals surface area contributed by atoms with Crippen LogP contribution >= 0.6 is 23.2 Å². The van der Waals surface area contributed by atoms with Gasteiger partial charge in [0.2, 0.25) is 5.91 Å². The van der Waals surface area contributed by atoms with Crippen LogP contribution in [-0.2, 0) is 4.79 Å². The number of nitrogens with zero attached hydrogens (tertiary/aromatic N) is 2. The number of guanidine groups is 1. The first-order chi connectivity index (χ1) is 10.3. The van der Waals surface area contributed by atoms with Gasteiger partial charge < -0.3 is 21.7 Å². The van der Waals surface area contributed by atoms with Crippen LogP contribution in [0.4, 0.5) is 5.69 Å². The van der Waals surface area contributed by atoms with E-state index in [1.165, 1.54) is 0 Å². The zero-order valence-electron chi connectivity index (χ0n) is 12.6. The average molecular weight is 346 g/mol. The second kappa shape index (κ2) is 8.82. The highest BCUT2D eigenvalue weighted by Gasteiger charge is 2.13. The lowest BCUT2D eigenvalue weighted by molar-refractivity contribution is -0.117. The fraction of sp³-hybridized carbons (Fsp3) is 0.429. The van der Waals surface area contributed by atoms with E-state index in [0.717, 1.165) is 0 Å². The van der Waals surface area contributed by atoms with E-state index >= 15 is 0 Å². The van der Waals surface area contributed by atoms with Crippen molar-refractivity contribution in [3.8, 4) is 0 Å². The summed E-state index contributed by atoms with van der Waals surface area (Å²) in [4.78, 5) is 17.8. The Kier molecular flexibility index (Phi) is 7.44. The molecule has 0 bridgehead atoms. The lowest BCUT2D eigenvalue weighted by atomic mass is 10.1. The van der Waals surface area contributed by atoms with E-state index in [0.29, 0.717) is 41.1 Å². The van der Waals surface area contributed by atoms with Crippen LogP contribution < -0.4 is 16.8 Å². The van der Waals surface area contributed by atoms with E-state index in [1.807, 2.05) is 14.1 Å². The van der Waals surface area contributed by atoms with Gasteiger partial charge in [-0.3, -0.25) is 9.79 Å². The molecule has 6 nitrogen and oxygen atoms in total. The number of halogens is 2. The van der Waals surface area contributed by atoms with Gasteiger partial charge in [-0.25, -0.2) is 0 Å². The van der Waals surface area contributed by atoms with E-state index in [1.54, 1.807) is 23.1 Å². The Morgan fingerprint density at radius 1 is 1.36 bits per heavy atom. The van der Waals surface area contributed by atoms with Gasteiger partial charge in [0.1, 0.15) is 0 Å². The zero-order valence-corrected chi connectivity index (χ0v) is 14.2. The number of amides is 1. The number of rotatable bonds is 6.